The lowest BCUT2D eigenvalue weighted by Gasteiger charge is -2.23. The monoisotopic (exact) mass is 263 g/mol. The van der Waals surface area contributed by atoms with E-state index in [1.54, 1.807) is 0 Å². The highest BCUT2D eigenvalue weighted by Crippen LogP contribution is 2.12. The lowest BCUT2D eigenvalue weighted by Crippen LogP contribution is -2.41. The van der Waals surface area contributed by atoms with Crippen LogP contribution in [0.2, 0.25) is 0 Å². The first kappa shape index (κ1) is 15.5. The molecule has 0 aromatic heterocycles. The Labute approximate surface area is 116 Å². The molecule has 0 aliphatic heterocycles. The lowest BCUT2D eigenvalue weighted by atomic mass is 10.2. The fourth-order valence-electron chi connectivity index (χ4n) is 1.91. The Kier molecular flexibility index (Phi) is 6.97. The molecule has 0 aliphatic carbocycles. The van der Waals surface area contributed by atoms with E-state index in [1.165, 1.54) is 5.69 Å². The van der Waals surface area contributed by atoms with Crippen LogP contribution in [0.5, 0.6) is 0 Å². The Morgan fingerprint density at radius 2 is 2.00 bits per heavy atom. The first-order valence-electron chi connectivity index (χ1n) is 7.02. The SMILES string of the molecule is CC[C@H](N)C(=O)NCCCN(CC)c1ccccc1. The fourth-order valence-corrected chi connectivity index (χ4v) is 1.91. The highest BCUT2D eigenvalue weighted by molar-refractivity contribution is 5.81. The number of benzene rings is 1. The van der Waals surface area contributed by atoms with Gasteiger partial charge in [0.25, 0.3) is 0 Å². The molecule has 0 saturated carbocycles. The molecule has 4 nitrogen and oxygen atoms in total. The zero-order valence-corrected chi connectivity index (χ0v) is 11.9. The third-order valence-corrected chi connectivity index (χ3v) is 3.18. The van der Waals surface area contributed by atoms with E-state index >= 15 is 0 Å². The highest BCUT2D eigenvalue weighted by Gasteiger charge is 2.09. The predicted molar refractivity (Wildman–Crippen MR) is 80.2 cm³/mol. The summed E-state index contributed by atoms with van der Waals surface area (Å²) < 4.78 is 0. The van der Waals surface area contributed by atoms with Gasteiger partial charge in [-0.05, 0) is 31.9 Å². The van der Waals surface area contributed by atoms with Crippen molar-refractivity contribution in [3.05, 3.63) is 30.3 Å². The number of rotatable bonds is 8. The molecule has 1 amide bonds. The standard InChI is InChI=1S/C15H25N3O/c1-3-14(16)15(19)17-11-8-12-18(4-2)13-9-6-5-7-10-13/h5-7,9-10,14H,3-4,8,11-12,16H2,1-2H3,(H,17,19)/t14-/m0/s1. The summed E-state index contributed by atoms with van der Waals surface area (Å²) in [6.45, 7) is 6.63. The molecule has 0 radical (unpaired) electrons. The van der Waals surface area contributed by atoms with Gasteiger partial charge in [0.1, 0.15) is 0 Å². The van der Waals surface area contributed by atoms with Crippen molar-refractivity contribution in [2.24, 2.45) is 5.73 Å². The van der Waals surface area contributed by atoms with Gasteiger partial charge >= 0.3 is 0 Å². The summed E-state index contributed by atoms with van der Waals surface area (Å²) >= 11 is 0. The average molecular weight is 263 g/mol. The Balaban J connectivity index is 2.30. The molecular formula is C15H25N3O. The van der Waals surface area contributed by atoms with Crippen LogP contribution in [-0.4, -0.2) is 31.6 Å². The van der Waals surface area contributed by atoms with Crippen LogP contribution in [0, 0.1) is 0 Å². The maximum atomic E-state index is 11.5. The van der Waals surface area contributed by atoms with Crippen LogP contribution in [0.3, 0.4) is 0 Å². The number of amides is 1. The molecular weight excluding hydrogens is 238 g/mol. The summed E-state index contributed by atoms with van der Waals surface area (Å²) in [5.41, 5.74) is 6.88. The molecule has 0 aliphatic rings. The molecule has 3 N–H and O–H groups in total. The van der Waals surface area contributed by atoms with Gasteiger partial charge in [0.05, 0.1) is 6.04 Å². The fraction of sp³-hybridized carbons (Fsp3) is 0.533. The molecule has 0 spiro atoms. The van der Waals surface area contributed by atoms with Crippen LogP contribution in [-0.2, 0) is 4.79 Å². The van der Waals surface area contributed by atoms with Crippen LogP contribution in [0.1, 0.15) is 26.7 Å². The zero-order chi connectivity index (χ0) is 14.1. The number of nitrogens with two attached hydrogens (primary N) is 1. The summed E-state index contributed by atoms with van der Waals surface area (Å²) in [6, 6.07) is 9.94. The van der Waals surface area contributed by atoms with Gasteiger partial charge in [-0.2, -0.15) is 0 Å². The van der Waals surface area contributed by atoms with Crippen molar-refractivity contribution in [3.8, 4) is 0 Å². The Morgan fingerprint density at radius 1 is 1.32 bits per heavy atom. The molecule has 0 saturated heterocycles. The smallest absolute Gasteiger partial charge is 0.236 e. The molecule has 1 aromatic rings. The Hall–Kier alpha value is -1.55. The van der Waals surface area contributed by atoms with E-state index < -0.39 is 0 Å². The maximum absolute atomic E-state index is 11.5. The third kappa shape index (κ3) is 5.30. The molecule has 1 rings (SSSR count). The molecule has 19 heavy (non-hydrogen) atoms. The molecule has 106 valence electrons. The van der Waals surface area contributed by atoms with Crippen molar-refractivity contribution < 1.29 is 4.79 Å². The third-order valence-electron chi connectivity index (χ3n) is 3.18. The van der Waals surface area contributed by atoms with Crippen LogP contribution in [0.15, 0.2) is 30.3 Å². The molecule has 0 bridgehead atoms. The normalized spacial score (nSPS) is 11.9. The maximum Gasteiger partial charge on any atom is 0.236 e. The minimum atomic E-state index is -0.378. The quantitative estimate of drug-likeness (QED) is 0.703. The molecule has 0 unspecified atom stereocenters. The number of nitrogens with one attached hydrogen (secondary N) is 1. The number of anilines is 1. The minimum Gasteiger partial charge on any atom is -0.372 e. The predicted octanol–water partition coefficient (Wildman–Crippen LogP) is 1.76. The van der Waals surface area contributed by atoms with E-state index in [-0.39, 0.29) is 11.9 Å². The second-order valence-electron chi connectivity index (χ2n) is 4.57. The number of hydrogen-bond acceptors (Lipinski definition) is 3. The first-order chi connectivity index (χ1) is 9.19. The van der Waals surface area contributed by atoms with E-state index in [4.69, 9.17) is 5.73 Å². The summed E-state index contributed by atoms with van der Waals surface area (Å²) in [6.07, 6.45) is 1.60. The number of carbonyl (C=O) groups is 1. The molecule has 1 aromatic carbocycles. The first-order valence-corrected chi connectivity index (χ1v) is 7.02. The van der Waals surface area contributed by atoms with Crippen LogP contribution in [0.25, 0.3) is 0 Å². The van der Waals surface area contributed by atoms with Crippen molar-refractivity contribution in [3.63, 3.8) is 0 Å². The van der Waals surface area contributed by atoms with Gasteiger partial charge < -0.3 is 16.0 Å². The van der Waals surface area contributed by atoms with E-state index in [0.717, 1.165) is 19.5 Å². The van der Waals surface area contributed by atoms with Gasteiger partial charge in [-0.3, -0.25) is 4.79 Å². The van der Waals surface area contributed by atoms with Gasteiger partial charge in [-0.15, -0.1) is 0 Å². The average Bonchev–Trinajstić information content (AvgIpc) is 2.47. The Morgan fingerprint density at radius 3 is 2.58 bits per heavy atom. The van der Waals surface area contributed by atoms with Crippen LogP contribution in [0.4, 0.5) is 5.69 Å². The summed E-state index contributed by atoms with van der Waals surface area (Å²) in [4.78, 5) is 13.8. The van der Waals surface area contributed by atoms with Gasteiger partial charge in [0, 0.05) is 25.3 Å². The van der Waals surface area contributed by atoms with E-state index in [2.05, 4.69) is 29.3 Å². The molecule has 0 fully saturated rings. The summed E-state index contributed by atoms with van der Waals surface area (Å²) in [5, 5.41) is 2.87. The molecule has 0 heterocycles. The summed E-state index contributed by atoms with van der Waals surface area (Å²) in [5.74, 6) is -0.0507. The van der Waals surface area contributed by atoms with Gasteiger partial charge in [-0.25, -0.2) is 0 Å². The van der Waals surface area contributed by atoms with Crippen molar-refractivity contribution in [2.75, 3.05) is 24.5 Å². The topological polar surface area (TPSA) is 58.4 Å². The van der Waals surface area contributed by atoms with E-state index in [1.807, 2.05) is 25.1 Å². The second-order valence-corrected chi connectivity index (χ2v) is 4.57. The molecule has 4 heteroatoms. The van der Waals surface area contributed by atoms with E-state index in [9.17, 15) is 4.79 Å². The van der Waals surface area contributed by atoms with Crippen molar-refractivity contribution in [1.82, 2.24) is 5.32 Å². The van der Waals surface area contributed by atoms with Crippen LogP contribution >= 0.6 is 0 Å². The second kappa shape index (κ2) is 8.53. The Bertz CT molecular complexity index is 367. The largest absolute Gasteiger partial charge is 0.372 e. The van der Waals surface area contributed by atoms with Crippen molar-refractivity contribution in [2.45, 2.75) is 32.7 Å². The minimum absolute atomic E-state index is 0.0507. The van der Waals surface area contributed by atoms with Gasteiger partial charge in [-0.1, -0.05) is 25.1 Å². The van der Waals surface area contributed by atoms with Crippen molar-refractivity contribution in [1.29, 1.82) is 0 Å². The van der Waals surface area contributed by atoms with Crippen molar-refractivity contribution >= 4 is 11.6 Å². The lowest BCUT2D eigenvalue weighted by molar-refractivity contribution is -0.122. The van der Waals surface area contributed by atoms with Gasteiger partial charge in [0.2, 0.25) is 5.91 Å². The van der Waals surface area contributed by atoms with E-state index in [0.29, 0.717) is 13.0 Å². The number of nitrogens with zero attached hydrogens (tertiary/aromatic N) is 1. The summed E-state index contributed by atoms with van der Waals surface area (Å²) in [7, 11) is 0. The molecule has 1 atom stereocenters. The number of carbonyl (C=O) groups excluding carboxylic acids is 1. The highest BCUT2D eigenvalue weighted by atomic mass is 16.2. The zero-order valence-electron chi connectivity index (χ0n) is 11.9. The van der Waals surface area contributed by atoms with Crippen LogP contribution < -0.4 is 16.0 Å². The number of para-hydroxylation sites is 1. The van der Waals surface area contributed by atoms with Gasteiger partial charge in [0.15, 0.2) is 0 Å². The number of hydrogen-bond donors (Lipinski definition) is 2.